The molecule has 0 bridgehead atoms. The molecule has 0 aliphatic carbocycles. The predicted molar refractivity (Wildman–Crippen MR) is 120 cm³/mol. The number of aromatic nitrogens is 2. The summed E-state index contributed by atoms with van der Waals surface area (Å²) in [7, 11) is 3.84. The molecule has 2 aromatic rings. The van der Waals surface area contributed by atoms with Gasteiger partial charge in [-0.2, -0.15) is 0 Å². The lowest BCUT2D eigenvalue weighted by atomic mass is 9.95. The number of primary amides is 1. The molecule has 2 amide bonds. The maximum absolute atomic E-state index is 12.6. The van der Waals surface area contributed by atoms with Crippen LogP contribution in [0.25, 0.3) is 11.1 Å². The maximum Gasteiger partial charge on any atom is 0.248 e. The van der Waals surface area contributed by atoms with Gasteiger partial charge in [-0.25, -0.2) is 9.97 Å². The van der Waals surface area contributed by atoms with E-state index in [1.165, 1.54) is 0 Å². The molecule has 2 fully saturated rings. The smallest absolute Gasteiger partial charge is 0.248 e. The molecular weight excluding hydrogens is 392 g/mol. The molecule has 0 spiro atoms. The molecule has 0 saturated carbocycles. The van der Waals surface area contributed by atoms with Crippen LogP contribution >= 0.6 is 0 Å². The summed E-state index contributed by atoms with van der Waals surface area (Å²) >= 11 is 0. The molecule has 8 nitrogen and oxygen atoms in total. The number of amides is 2. The molecule has 1 aromatic carbocycles. The fourth-order valence-electron chi connectivity index (χ4n) is 4.43. The molecule has 0 unspecified atom stereocenters. The van der Waals surface area contributed by atoms with Gasteiger partial charge in [0.15, 0.2) is 0 Å². The minimum Gasteiger partial charge on any atom is -0.366 e. The van der Waals surface area contributed by atoms with Gasteiger partial charge in [-0.3, -0.25) is 14.5 Å². The van der Waals surface area contributed by atoms with Crippen molar-refractivity contribution in [1.29, 1.82) is 0 Å². The third-order valence-electron chi connectivity index (χ3n) is 6.14. The zero-order valence-corrected chi connectivity index (χ0v) is 18.3. The number of carbonyl (C=O) groups is 2. The van der Waals surface area contributed by atoms with Crippen molar-refractivity contribution in [2.75, 3.05) is 51.7 Å². The maximum atomic E-state index is 12.6. The van der Waals surface area contributed by atoms with Gasteiger partial charge >= 0.3 is 0 Å². The number of carbonyl (C=O) groups excluding carboxylic acids is 2. The lowest BCUT2D eigenvalue weighted by Crippen LogP contribution is -2.37. The number of benzene rings is 1. The monoisotopic (exact) mass is 422 g/mol. The van der Waals surface area contributed by atoms with Gasteiger partial charge in [0, 0.05) is 57.0 Å². The standard InChI is InChI=1S/C23H30N6O2/c1-27(2)23-25-13-19(16-6-5-7-17(12-16)22(24)31)21(26-23)18-8-11-28(14-18)15-20(30)29-9-3-4-10-29/h5-7,12-13,18H,3-4,8-11,14-15H2,1-2H3,(H2,24,31)/t18-/m1/s1. The van der Waals surface area contributed by atoms with E-state index >= 15 is 0 Å². The quantitative estimate of drug-likeness (QED) is 0.762. The number of rotatable bonds is 6. The molecule has 3 heterocycles. The van der Waals surface area contributed by atoms with E-state index in [9.17, 15) is 9.59 Å². The summed E-state index contributed by atoms with van der Waals surface area (Å²) in [6.45, 7) is 3.88. The van der Waals surface area contributed by atoms with Crippen molar-refractivity contribution in [3.05, 3.63) is 41.7 Å². The Morgan fingerprint density at radius 2 is 1.97 bits per heavy atom. The summed E-state index contributed by atoms with van der Waals surface area (Å²) in [6.07, 6.45) is 4.97. The molecule has 8 heteroatoms. The normalized spacial score (nSPS) is 19.0. The van der Waals surface area contributed by atoms with E-state index in [0.717, 1.165) is 62.3 Å². The lowest BCUT2D eigenvalue weighted by molar-refractivity contribution is -0.131. The zero-order valence-electron chi connectivity index (χ0n) is 18.3. The van der Waals surface area contributed by atoms with Gasteiger partial charge in [0.25, 0.3) is 0 Å². The molecule has 2 saturated heterocycles. The molecule has 1 atom stereocenters. The van der Waals surface area contributed by atoms with Gasteiger partial charge in [0.05, 0.1) is 12.2 Å². The molecule has 164 valence electrons. The summed E-state index contributed by atoms with van der Waals surface area (Å²) in [6, 6.07) is 7.29. The van der Waals surface area contributed by atoms with Crippen molar-refractivity contribution in [2.45, 2.75) is 25.2 Å². The van der Waals surface area contributed by atoms with Crippen LogP contribution in [-0.4, -0.2) is 78.4 Å². The third-order valence-corrected chi connectivity index (χ3v) is 6.14. The van der Waals surface area contributed by atoms with Crippen molar-refractivity contribution < 1.29 is 9.59 Å². The first-order valence-corrected chi connectivity index (χ1v) is 10.9. The Balaban J connectivity index is 1.59. The molecule has 4 rings (SSSR count). The minimum atomic E-state index is -0.457. The fourth-order valence-corrected chi connectivity index (χ4v) is 4.43. The summed E-state index contributed by atoms with van der Waals surface area (Å²) in [5.41, 5.74) is 8.69. The number of hydrogen-bond acceptors (Lipinski definition) is 6. The van der Waals surface area contributed by atoms with E-state index in [1.54, 1.807) is 12.1 Å². The Morgan fingerprint density at radius 3 is 2.68 bits per heavy atom. The topological polar surface area (TPSA) is 95.7 Å². The van der Waals surface area contributed by atoms with Crippen LogP contribution in [0.2, 0.25) is 0 Å². The highest BCUT2D eigenvalue weighted by molar-refractivity contribution is 5.94. The largest absolute Gasteiger partial charge is 0.366 e. The van der Waals surface area contributed by atoms with Crippen LogP contribution in [0.15, 0.2) is 30.5 Å². The molecule has 31 heavy (non-hydrogen) atoms. The number of nitrogens with two attached hydrogens (primary N) is 1. The highest BCUT2D eigenvalue weighted by Gasteiger charge is 2.30. The zero-order chi connectivity index (χ0) is 22.0. The third kappa shape index (κ3) is 4.69. The highest BCUT2D eigenvalue weighted by Crippen LogP contribution is 2.34. The summed E-state index contributed by atoms with van der Waals surface area (Å²) < 4.78 is 0. The lowest BCUT2D eigenvalue weighted by Gasteiger charge is -2.21. The highest BCUT2D eigenvalue weighted by atomic mass is 16.2. The van der Waals surface area contributed by atoms with Crippen LogP contribution in [0.3, 0.4) is 0 Å². The Hall–Kier alpha value is -3.00. The first-order valence-electron chi connectivity index (χ1n) is 10.9. The molecule has 2 N–H and O–H groups in total. The summed E-state index contributed by atoms with van der Waals surface area (Å²) in [5, 5.41) is 0. The Bertz CT molecular complexity index is 970. The van der Waals surface area contributed by atoms with E-state index in [4.69, 9.17) is 10.7 Å². The summed E-state index contributed by atoms with van der Waals surface area (Å²) in [4.78, 5) is 39.7. The van der Waals surface area contributed by atoms with Crippen LogP contribution in [0.1, 0.15) is 41.2 Å². The first-order chi connectivity index (χ1) is 14.9. The average Bonchev–Trinajstić information content (AvgIpc) is 3.46. The second kappa shape index (κ2) is 9.01. The number of likely N-dealkylation sites (tertiary alicyclic amines) is 2. The van der Waals surface area contributed by atoms with Crippen molar-refractivity contribution in [3.8, 4) is 11.1 Å². The van der Waals surface area contributed by atoms with Crippen LogP contribution in [-0.2, 0) is 4.79 Å². The van der Waals surface area contributed by atoms with E-state index in [-0.39, 0.29) is 11.8 Å². The Kier molecular flexibility index (Phi) is 6.18. The van der Waals surface area contributed by atoms with Gasteiger partial charge in [-0.1, -0.05) is 12.1 Å². The fraction of sp³-hybridized carbons (Fsp3) is 0.478. The van der Waals surface area contributed by atoms with E-state index in [0.29, 0.717) is 18.1 Å². The van der Waals surface area contributed by atoms with Gasteiger partial charge < -0.3 is 15.5 Å². The molecule has 1 aromatic heterocycles. The van der Waals surface area contributed by atoms with E-state index < -0.39 is 5.91 Å². The second-order valence-corrected chi connectivity index (χ2v) is 8.62. The van der Waals surface area contributed by atoms with Crippen LogP contribution in [0, 0.1) is 0 Å². The SMILES string of the molecule is CN(C)c1ncc(-c2cccc(C(N)=O)c2)c([C@@H]2CCN(CC(=O)N3CCCC3)C2)n1. The van der Waals surface area contributed by atoms with Gasteiger partial charge in [-0.05, 0) is 43.5 Å². The van der Waals surface area contributed by atoms with E-state index in [1.807, 2.05) is 42.2 Å². The van der Waals surface area contributed by atoms with E-state index in [2.05, 4.69) is 9.88 Å². The second-order valence-electron chi connectivity index (χ2n) is 8.62. The number of anilines is 1. The average molecular weight is 423 g/mol. The van der Waals surface area contributed by atoms with Crippen LogP contribution < -0.4 is 10.6 Å². The number of nitrogens with zero attached hydrogens (tertiary/aromatic N) is 5. The predicted octanol–water partition coefficient (Wildman–Crippen LogP) is 1.72. The number of hydrogen-bond donors (Lipinski definition) is 1. The molecule has 2 aliphatic rings. The van der Waals surface area contributed by atoms with Crippen LogP contribution in [0.4, 0.5) is 5.95 Å². The van der Waals surface area contributed by atoms with Gasteiger partial charge in [0.1, 0.15) is 0 Å². The van der Waals surface area contributed by atoms with Gasteiger partial charge in [-0.15, -0.1) is 0 Å². The van der Waals surface area contributed by atoms with Gasteiger partial charge in [0.2, 0.25) is 17.8 Å². The molecule has 2 aliphatic heterocycles. The van der Waals surface area contributed by atoms with Crippen molar-refractivity contribution in [3.63, 3.8) is 0 Å². The van der Waals surface area contributed by atoms with Crippen molar-refractivity contribution in [1.82, 2.24) is 19.8 Å². The minimum absolute atomic E-state index is 0.195. The van der Waals surface area contributed by atoms with Crippen LogP contribution in [0.5, 0.6) is 0 Å². The Labute approximate surface area is 183 Å². The van der Waals surface area contributed by atoms with Crippen molar-refractivity contribution in [2.24, 2.45) is 5.73 Å². The van der Waals surface area contributed by atoms with Crippen molar-refractivity contribution >= 4 is 17.8 Å². The molecular formula is C23H30N6O2. The Morgan fingerprint density at radius 1 is 1.19 bits per heavy atom. The molecule has 0 radical (unpaired) electrons. The first kappa shape index (κ1) is 21.2. The summed E-state index contributed by atoms with van der Waals surface area (Å²) in [5.74, 6) is 0.614.